The molecule has 1 fully saturated rings. The highest BCUT2D eigenvalue weighted by molar-refractivity contribution is 8.00. The van der Waals surface area contributed by atoms with Gasteiger partial charge in [-0.2, -0.15) is 0 Å². The summed E-state index contributed by atoms with van der Waals surface area (Å²) in [5.74, 6) is -0.967. The summed E-state index contributed by atoms with van der Waals surface area (Å²) >= 11 is 7.86. The molecule has 1 unspecified atom stereocenters. The van der Waals surface area contributed by atoms with E-state index >= 15 is 0 Å². The number of β-lactam (4-membered cyclic amide) rings is 1. The van der Waals surface area contributed by atoms with Gasteiger partial charge in [-0.05, 0) is 16.7 Å². The lowest BCUT2D eigenvalue weighted by atomic mass is 10.0. The van der Waals surface area contributed by atoms with E-state index < -0.39 is 23.5 Å². The first-order valence-corrected chi connectivity index (χ1v) is 12.9. The molecule has 2 atom stereocenters. The Morgan fingerprint density at radius 3 is 2.08 bits per heavy atom. The monoisotopic (exact) mass is 518 g/mol. The lowest BCUT2D eigenvalue weighted by molar-refractivity contribution is -0.154. The van der Waals surface area contributed by atoms with Gasteiger partial charge in [0, 0.05) is 5.75 Å². The van der Waals surface area contributed by atoms with Crippen LogP contribution in [0.2, 0.25) is 0 Å². The molecular formula is C28H23ClN2O4S. The Balaban J connectivity index is 1.32. The molecule has 2 heterocycles. The Morgan fingerprint density at radius 2 is 1.50 bits per heavy atom. The number of nitrogens with one attached hydrogen (secondary N) is 1. The van der Waals surface area contributed by atoms with E-state index in [0.29, 0.717) is 5.75 Å². The lowest BCUT2D eigenvalue weighted by Gasteiger charge is -2.49. The van der Waals surface area contributed by atoms with Crippen molar-refractivity contribution < 1.29 is 19.1 Å². The van der Waals surface area contributed by atoms with Gasteiger partial charge in [0.2, 0.25) is 5.91 Å². The molecule has 0 bridgehead atoms. The Labute approximate surface area is 218 Å². The maximum Gasteiger partial charge on any atom is 0.357 e. The largest absolute Gasteiger partial charge is 0.448 e. The van der Waals surface area contributed by atoms with E-state index in [1.165, 1.54) is 16.7 Å². The summed E-state index contributed by atoms with van der Waals surface area (Å²) in [4.78, 5) is 40.4. The van der Waals surface area contributed by atoms with Gasteiger partial charge in [0.25, 0.3) is 5.91 Å². The summed E-state index contributed by atoms with van der Waals surface area (Å²) in [5.41, 5.74) is 2.50. The van der Waals surface area contributed by atoms with Gasteiger partial charge in [-0.15, -0.1) is 11.8 Å². The number of carbonyl (C=O) groups is 3. The Bertz CT molecular complexity index is 1260. The summed E-state index contributed by atoms with van der Waals surface area (Å²) in [5, 5.41) is 2.64. The molecule has 2 aliphatic heterocycles. The Kier molecular flexibility index (Phi) is 7.11. The van der Waals surface area contributed by atoms with Crippen LogP contribution in [-0.4, -0.2) is 39.9 Å². The molecule has 0 aromatic heterocycles. The SMILES string of the molecule is O=C(Cc1ccccc1)NC1C(=O)N2C(C(=O)OC(c3ccccc3)c3ccccc3)=C(Cl)CS[C@@H]12. The zero-order chi connectivity index (χ0) is 25.1. The summed E-state index contributed by atoms with van der Waals surface area (Å²) in [6.45, 7) is 0. The average molecular weight is 519 g/mol. The molecule has 8 heteroatoms. The summed E-state index contributed by atoms with van der Waals surface area (Å²) in [6.07, 6.45) is -0.494. The molecule has 2 aliphatic rings. The first-order chi connectivity index (χ1) is 17.5. The van der Waals surface area contributed by atoms with E-state index in [1.807, 2.05) is 91.0 Å². The minimum Gasteiger partial charge on any atom is -0.448 e. The standard InChI is InChI=1S/C28H23ClN2O4S/c29-21-17-36-27-23(30-22(32)16-18-10-4-1-5-11-18)26(33)31(27)24(21)28(34)35-25(19-12-6-2-7-13-19)20-14-8-3-9-15-20/h1-15,23,25,27H,16-17H2,(H,30,32)/t23?,27-/m0/s1. The third-order valence-electron chi connectivity index (χ3n) is 6.07. The second-order valence-corrected chi connectivity index (χ2v) is 10.0. The summed E-state index contributed by atoms with van der Waals surface area (Å²) in [7, 11) is 0. The number of hydrogen-bond acceptors (Lipinski definition) is 5. The second kappa shape index (κ2) is 10.6. The minimum atomic E-state index is -0.724. The molecular weight excluding hydrogens is 496 g/mol. The van der Waals surface area contributed by atoms with Crippen molar-refractivity contribution in [3.63, 3.8) is 0 Å². The fraction of sp³-hybridized carbons (Fsp3) is 0.179. The zero-order valence-electron chi connectivity index (χ0n) is 19.2. The van der Waals surface area contributed by atoms with Crippen molar-refractivity contribution in [2.75, 3.05) is 5.75 Å². The third-order valence-corrected chi connectivity index (χ3v) is 7.82. The topological polar surface area (TPSA) is 75.7 Å². The molecule has 0 saturated carbocycles. The molecule has 5 rings (SSSR count). The van der Waals surface area contributed by atoms with Crippen LogP contribution in [-0.2, 0) is 25.5 Å². The van der Waals surface area contributed by atoms with E-state index in [4.69, 9.17) is 16.3 Å². The van der Waals surface area contributed by atoms with Crippen molar-refractivity contribution in [2.45, 2.75) is 23.9 Å². The van der Waals surface area contributed by atoms with Crippen molar-refractivity contribution >= 4 is 41.1 Å². The maximum atomic E-state index is 13.4. The fourth-order valence-corrected chi connectivity index (χ4v) is 5.87. The number of carbonyl (C=O) groups excluding carboxylic acids is 3. The van der Waals surface area contributed by atoms with E-state index in [2.05, 4.69) is 5.32 Å². The minimum absolute atomic E-state index is 0.0378. The smallest absolute Gasteiger partial charge is 0.357 e. The Hall–Kier alpha value is -3.55. The third kappa shape index (κ3) is 4.90. The van der Waals surface area contributed by atoms with E-state index in [-0.39, 0.29) is 29.0 Å². The predicted octanol–water partition coefficient (Wildman–Crippen LogP) is 4.41. The molecule has 1 N–H and O–H groups in total. The number of rotatable bonds is 7. The van der Waals surface area contributed by atoms with Crippen LogP contribution >= 0.6 is 23.4 Å². The average Bonchev–Trinajstić information content (AvgIpc) is 2.91. The number of thioether (sulfide) groups is 1. The van der Waals surface area contributed by atoms with Crippen LogP contribution in [0.3, 0.4) is 0 Å². The van der Waals surface area contributed by atoms with Gasteiger partial charge in [-0.3, -0.25) is 14.5 Å². The highest BCUT2D eigenvalue weighted by atomic mass is 35.5. The van der Waals surface area contributed by atoms with Gasteiger partial charge in [0.15, 0.2) is 6.10 Å². The van der Waals surface area contributed by atoms with E-state index in [1.54, 1.807) is 0 Å². The van der Waals surface area contributed by atoms with Gasteiger partial charge >= 0.3 is 5.97 Å². The van der Waals surface area contributed by atoms with Crippen LogP contribution in [0.5, 0.6) is 0 Å². The lowest BCUT2D eigenvalue weighted by Crippen LogP contribution is -2.70. The van der Waals surface area contributed by atoms with Crippen molar-refractivity contribution in [2.24, 2.45) is 0 Å². The number of benzene rings is 3. The molecule has 3 aromatic rings. The number of esters is 1. The van der Waals surface area contributed by atoms with Gasteiger partial charge in [0.05, 0.1) is 11.5 Å². The molecule has 0 spiro atoms. The summed E-state index contributed by atoms with van der Waals surface area (Å²) < 4.78 is 5.96. The van der Waals surface area contributed by atoms with Crippen LogP contribution in [0.25, 0.3) is 0 Å². The molecule has 3 aromatic carbocycles. The molecule has 2 amide bonds. The number of halogens is 1. The highest BCUT2D eigenvalue weighted by Gasteiger charge is 2.54. The number of hydrogen-bond donors (Lipinski definition) is 1. The zero-order valence-corrected chi connectivity index (χ0v) is 20.7. The van der Waals surface area contributed by atoms with Crippen molar-refractivity contribution in [1.29, 1.82) is 0 Å². The van der Waals surface area contributed by atoms with Gasteiger partial charge < -0.3 is 10.1 Å². The van der Waals surface area contributed by atoms with Crippen molar-refractivity contribution in [1.82, 2.24) is 10.2 Å². The molecule has 0 aliphatic carbocycles. The highest BCUT2D eigenvalue weighted by Crippen LogP contribution is 2.42. The molecule has 36 heavy (non-hydrogen) atoms. The van der Waals surface area contributed by atoms with Crippen LogP contribution in [0.1, 0.15) is 22.8 Å². The first-order valence-electron chi connectivity index (χ1n) is 11.5. The first kappa shape index (κ1) is 24.2. The number of ether oxygens (including phenoxy) is 1. The second-order valence-electron chi connectivity index (χ2n) is 8.48. The Morgan fingerprint density at radius 1 is 0.944 bits per heavy atom. The van der Waals surface area contributed by atoms with Crippen LogP contribution in [0.4, 0.5) is 0 Å². The van der Waals surface area contributed by atoms with Crippen molar-refractivity contribution in [3.8, 4) is 0 Å². The predicted molar refractivity (Wildman–Crippen MR) is 139 cm³/mol. The van der Waals surface area contributed by atoms with Crippen LogP contribution in [0.15, 0.2) is 102 Å². The van der Waals surface area contributed by atoms with Gasteiger partial charge in [0.1, 0.15) is 17.1 Å². The van der Waals surface area contributed by atoms with E-state index in [0.717, 1.165) is 16.7 Å². The van der Waals surface area contributed by atoms with Crippen LogP contribution < -0.4 is 5.32 Å². The van der Waals surface area contributed by atoms with Gasteiger partial charge in [-0.1, -0.05) is 103 Å². The number of amides is 2. The van der Waals surface area contributed by atoms with Gasteiger partial charge in [-0.25, -0.2) is 4.79 Å². The molecule has 6 nitrogen and oxygen atoms in total. The molecule has 1 saturated heterocycles. The number of nitrogens with zero attached hydrogens (tertiary/aromatic N) is 1. The molecule has 182 valence electrons. The van der Waals surface area contributed by atoms with Crippen molar-refractivity contribution in [3.05, 3.63) is 118 Å². The number of fused-ring (bicyclic) bond motifs is 1. The van der Waals surface area contributed by atoms with E-state index in [9.17, 15) is 14.4 Å². The maximum absolute atomic E-state index is 13.4. The quantitative estimate of drug-likeness (QED) is 0.370. The molecule has 0 radical (unpaired) electrons. The summed E-state index contributed by atoms with van der Waals surface area (Å²) in [6, 6.07) is 27.4. The van der Waals surface area contributed by atoms with Crippen LogP contribution in [0, 0.1) is 0 Å². The normalized spacial score (nSPS) is 18.9. The fourth-order valence-electron chi connectivity index (χ4n) is 4.32.